The lowest BCUT2D eigenvalue weighted by molar-refractivity contribution is -0.122. The number of hydrogen-bond acceptors (Lipinski definition) is 4. The molecule has 1 heterocycles. The normalized spacial score (nSPS) is 17.3. The number of nitrogens with two attached hydrogens (primary N) is 1. The van der Waals surface area contributed by atoms with Gasteiger partial charge in [0.2, 0.25) is 5.91 Å². The van der Waals surface area contributed by atoms with Crippen LogP contribution in [0.2, 0.25) is 0 Å². The van der Waals surface area contributed by atoms with Gasteiger partial charge >= 0.3 is 0 Å². The van der Waals surface area contributed by atoms with Crippen LogP contribution >= 0.6 is 0 Å². The molecule has 0 bridgehead atoms. The van der Waals surface area contributed by atoms with Crippen molar-refractivity contribution >= 4 is 17.3 Å². The second-order valence-corrected chi connectivity index (χ2v) is 7.76. The number of hydrogen-bond donors (Lipinski definition) is 2. The third-order valence-electron chi connectivity index (χ3n) is 5.58. The molecule has 2 aromatic carbocycles. The molecule has 5 nitrogen and oxygen atoms in total. The van der Waals surface area contributed by atoms with Crippen LogP contribution in [-0.4, -0.2) is 36.9 Å². The van der Waals surface area contributed by atoms with E-state index in [2.05, 4.69) is 54.4 Å². The Morgan fingerprint density at radius 3 is 2.45 bits per heavy atom. The molecule has 1 amide bonds. The molecule has 0 aliphatic carbocycles. The Hall–Kier alpha value is -2.66. The van der Waals surface area contributed by atoms with Crippen molar-refractivity contribution in [1.29, 1.82) is 0 Å². The van der Waals surface area contributed by atoms with Gasteiger partial charge in [0.05, 0.1) is 18.3 Å². The molecule has 1 unspecified atom stereocenters. The Kier molecular flexibility index (Phi) is 7.04. The molecule has 154 valence electrons. The van der Waals surface area contributed by atoms with Crippen LogP contribution in [0.3, 0.4) is 0 Å². The molecule has 0 fully saturated rings. The molecule has 0 radical (unpaired) electrons. The lowest BCUT2D eigenvalue weighted by Gasteiger charge is -2.30. The fraction of sp³-hybridized carbons (Fsp3) is 0.417. The molecule has 0 saturated carbocycles. The maximum atomic E-state index is 12.4. The maximum Gasteiger partial charge on any atom is 0.238 e. The van der Waals surface area contributed by atoms with E-state index in [1.807, 2.05) is 24.3 Å². The summed E-state index contributed by atoms with van der Waals surface area (Å²) in [7, 11) is 0. The second kappa shape index (κ2) is 9.70. The topological polar surface area (TPSA) is 70.7 Å². The number of fused-ring (bicyclic) bond motifs is 1. The summed E-state index contributed by atoms with van der Waals surface area (Å²) in [5, 5.41) is 3.04. The molecule has 0 aromatic heterocycles. The summed E-state index contributed by atoms with van der Waals surface area (Å²) in [5.41, 5.74) is 10.0. The Labute approximate surface area is 174 Å². The van der Waals surface area contributed by atoms with Crippen LogP contribution in [-0.2, 0) is 4.79 Å². The van der Waals surface area contributed by atoms with Crippen molar-refractivity contribution in [3.63, 3.8) is 0 Å². The van der Waals surface area contributed by atoms with E-state index >= 15 is 0 Å². The Morgan fingerprint density at radius 2 is 1.79 bits per heavy atom. The highest BCUT2D eigenvalue weighted by atomic mass is 16.2. The number of amides is 1. The minimum atomic E-state index is -0.566. The number of nitrogens with zero attached hydrogens (tertiary/aromatic N) is 2. The smallest absolute Gasteiger partial charge is 0.238 e. The fourth-order valence-corrected chi connectivity index (χ4v) is 3.75. The summed E-state index contributed by atoms with van der Waals surface area (Å²) >= 11 is 0. The van der Waals surface area contributed by atoms with Crippen molar-refractivity contribution < 1.29 is 4.79 Å². The summed E-state index contributed by atoms with van der Waals surface area (Å²) in [6.45, 7) is 7.73. The van der Waals surface area contributed by atoms with Crippen molar-refractivity contribution in [2.45, 2.75) is 45.8 Å². The molecule has 2 aromatic rings. The van der Waals surface area contributed by atoms with Gasteiger partial charge < -0.3 is 16.0 Å². The van der Waals surface area contributed by atoms with Crippen molar-refractivity contribution in [2.24, 2.45) is 16.6 Å². The lowest BCUT2D eigenvalue weighted by atomic mass is 9.98. The number of rotatable bonds is 7. The molecule has 29 heavy (non-hydrogen) atoms. The number of benzene rings is 2. The van der Waals surface area contributed by atoms with Crippen molar-refractivity contribution in [3.05, 3.63) is 65.7 Å². The monoisotopic (exact) mass is 392 g/mol. The average molecular weight is 393 g/mol. The molecular formula is C24H32N4O. The van der Waals surface area contributed by atoms with Crippen LogP contribution in [0.15, 0.2) is 59.6 Å². The number of para-hydroxylation sites is 1. The fourth-order valence-electron chi connectivity index (χ4n) is 3.75. The third kappa shape index (κ3) is 5.04. The molecule has 5 heteroatoms. The van der Waals surface area contributed by atoms with Crippen LogP contribution in [0.1, 0.15) is 44.7 Å². The van der Waals surface area contributed by atoms with Gasteiger partial charge in [0.15, 0.2) is 0 Å². The summed E-state index contributed by atoms with van der Waals surface area (Å²) < 4.78 is 0. The van der Waals surface area contributed by atoms with Gasteiger partial charge in [0, 0.05) is 23.4 Å². The first-order valence-corrected chi connectivity index (χ1v) is 10.6. The minimum Gasteiger partial charge on any atom is -0.367 e. The van der Waals surface area contributed by atoms with Gasteiger partial charge in [-0.1, -0.05) is 75.2 Å². The molecule has 1 aliphatic heterocycles. The van der Waals surface area contributed by atoms with Gasteiger partial charge in [-0.3, -0.25) is 9.79 Å². The number of carbonyl (C=O) groups excluding carboxylic acids is 1. The first kappa shape index (κ1) is 21.1. The van der Waals surface area contributed by atoms with Crippen molar-refractivity contribution in [2.75, 3.05) is 18.0 Å². The summed E-state index contributed by atoms with van der Waals surface area (Å²) in [6.07, 6.45) is 1.89. The van der Waals surface area contributed by atoms with Crippen LogP contribution in [0.25, 0.3) is 0 Å². The van der Waals surface area contributed by atoms with E-state index in [-0.39, 0.29) is 12.1 Å². The molecule has 3 rings (SSSR count). The largest absolute Gasteiger partial charge is 0.367 e. The molecule has 1 aliphatic rings. The quantitative estimate of drug-likeness (QED) is 0.757. The number of benzodiazepines with no additional fused rings is 1. The maximum absolute atomic E-state index is 12.4. The van der Waals surface area contributed by atoms with E-state index in [1.165, 1.54) is 5.69 Å². The molecule has 2 atom stereocenters. The Morgan fingerprint density at radius 1 is 1.14 bits per heavy atom. The van der Waals surface area contributed by atoms with E-state index in [0.717, 1.165) is 36.2 Å². The zero-order valence-electron chi connectivity index (χ0n) is 17.6. The highest BCUT2D eigenvalue weighted by Gasteiger charge is 2.27. The molecule has 3 N–H and O–H groups in total. The van der Waals surface area contributed by atoms with Gasteiger partial charge in [-0.05, 0) is 18.9 Å². The van der Waals surface area contributed by atoms with Crippen LogP contribution in [0, 0.1) is 5.92 Å². The van der Waals surface area contributed by atoms with Gasteiger partial charge in [-0.2, -0.15) is 0 Å². The average Bonchev–Trinajstić information content (AvgIpc) is 2.89. The van der Waals surface area contributed by atoms with E-state index < -0.39 is 6.04 Å². The van der Waals surface area contributed by atoms with Crippen LogP contribution in [0.5, 0.6) is 0 Å². The van der Waals surface area contributed by atoms with E-state index in [1.54, 1.807) is 6.92 Å². The second-order valence-electron chi connectivity index (χ2n) is 7.76. The van der Waals surface area contributed by atoms with Gasteiger partial charge in [-0.15, -0.1) is 0 Å². The summed E-state index contributed by atoms with van der Waals surface area (Å²) in [5.74, 6) is 0.408. The highest BCUT2D eigenvalue weighted by molar-refractivity contribution is 6.16. The SMILES string of the molecule is CCC(CC)CN1CC(NC(=O)[C@H](C)N)N=C(c2ccccc2)c2ccccc21. The Bertz CT molecular complexity index is 843. The minimum absolute atomic E-state index is 0.181. The van der Waals surface area contributed by atoms with Gasteiger partial charge in [-0.25, -0.2) is 0 Å². The first-order valence-electron chi connectivity index (χ1n) is 10.6. The predicted octanol–water partition coefficient (Wildman–Crippen LogP) is 3.57. The van der Waals surface area contributed by atoms with E-state index in [4.69, 9.17) is 10.7 Å². The van der Waals surface area contributed by atoms with Gasteiger partial charge in [0.25, 0.3) is 0 Å². The van der Waals surface area contributed by atoms with E-state index in [0.29, 0.717) is 12.5 Å². The van der Waals surface area contributed by atoms with E-state index in [9.17, 15) is 4.79 Å². The number of aliphatic imine (C=N–C) groups is 1. The van der Waals surface area contributed by atoms with Crippen molar-refractivity contribution in [3.8, 4) is 0 Å². The van der Waals surface area contributed by atoms with Gasteiger partial charge in [0.1, 0.15) is 6.17 Å². The highest BCUT2D eigenvalue weighted by Crippen LogP contribution is 2.29. The zero-order valence-corrected chi connectivity index (χ0v) is 17.6. The zero-order chi connectivity index (χ0) is 20.8. The number of carbonyl (C=O) groups is 1. The first-order chi connectivity index (χ1) is 14.0. The predicted molar refractivity (Wildman–Crippen MR) is 120 cm³/mol. The molecule has 0 saturated heterocycles. The molecular weight excluding hydrogens is 360 g/mol. The number of nitrogens with one attached hydrogen (secondary N) is 1. The van der Waals surface area contributed by atoms with Crippen LogP contribution < -0.4 is 16.0 Å². The standard InChI is InChI=1S/C24H32N4O/c1-4-18(5-2)15-28-16-22(27-24(29)17(3)25)26-23(19-11-7-6-8-12-19)20-13-9-10-14-21(20)28/h6-14,17-18,22H,4-5,15-16,25H2,1-3H3,(H,27,29)/t17-,22?/m0/s1. The summed E-state index contributed by atoms with van der Waals surface area (Å²) in [4.78, 5) is 19.7. The number of anilines is 1. The third-order valence-corrected chi connectivity index (χ3v) is 5.58. The van der Waals surface area contributed by atoms with Crippen LogP contribution in [0.4, 0.5) is 5.69 Å². The Balaban J connectivity index is 2.06. The molecule has 0 spiro atoms. The van der Waals surface area contributed by atoms with Crippen molar-refractivity contribution in [1.82, 2.24) is 5.32 Å². The summed E-state index contributed by atoms with van der Waals surface area (Å²) in [6, 6.07) is 18.0. The lowest BCUT2D eigenvalue weighted by Crippen LogP contribution is -2.48.